The molecule has 0 radical (unpaired) electrons. The van der Waals surface area contributed by atoms with Crippen molar-refractivity contribution in [2.24, 2.45) is 4.99 Å². The SMILES string of the molecule is N#C/N=c1\c2cc(-c3cccc(C(F)(F)F)c3)ccc2c2cc3c(cc12)c(=N)c1cc(-c2cccc(C(F)(F)F)c2)ccc13. The third-order valence-electron chi connectivity index (χ3n) is 8.03. The first-order valence-electron chi connectivity index (χ1n) is 13.3. The highest BCUT2D eigenvalue weighted by Crippen LogP contribution is 2.37. The van der Waals surface area contributed by atoms with Crippen LogP contribution in [0.25, 0.3) is 65.3 Å². The predicted molar refractivity (Wildman–Crippen MR) is 157 cm³/mol. The summed E-state index contributed by atoms with van der Waals surface area (Å²) in [6, 6.07) is 24.2. The van der Waals surface area contributed by atoms with Crippen molar-refractivity contribution >= 4 is 43.1 Å². The Balaban J connectivity index is 1.44. The van der Waals surface area contributed by atoms with Gasteiger partial charge in [-0.05, 0) is 92.3 Å². The summed E-state index contributed by atoms with van der Waals surface area (Å²) in [5.74, 6) is 0. The zero-order chi connectivity index (χ0) is 31.0. The van der Waals surface area contributed by atoms with Crippen LogP contribution in [0.2, 0.25) is 0 Å². The molecule has 0 spiro atoms. The Hall–Kier alpha value is -5.49. The zero-order valence-electron chi connectivity index (χ0n) is 22.4. The summed E-state index contributed by atoms with van der Waals surface area (Å²) >= 11 is 0. The summed E-state index contributed by atoms with van der Waals surface area (Å²) in [5.41, 5.74) is 0.284. The zero-order valence-corrected chi connectivity index (χ0v) is 22.4. The first-order valence-corrected chi connectivity index (χ1v) is 13.3. The summed E-state index contributed by atoms with van der Waals surface area (Å²) in [4.78, 5) is 4.06. The molecule has 0 unspecified atom stereocenters. The Labute approximate surface area is 244 Å². The van der Waals surface area contributed by atoms with Crippen molar-refractivity contribution in [2.45, 2.75) is 12.4 Å². The highest BCUT2D eigenvalue weighted by Gasteiger charge is 2.31. The van der Waals surface area contributed by atoms with Crippen LogP contribution in [-0.2, 0) is 12.4 Å². The molecule has 7 aromatic carbocycles. The van der Waals surface area contributed by atoms with Gasteiger partial charge in [-0.15, -0.1) is 0 Å². The smallest absolute Gasteiger partial charge is 0.300 e. The summed E-state index contributed by atoms with van der Waals surface area (Å²) in [5, 5.41) is 24.3. The van der Waals surface area contributed by atoms with E-state index >= 15 is 0 Å². The van der Waals surface area contributed by atoms with Crippen LogP contribution in [0, 0.1) is 16.9 Å². The number of hydrogen-bond donors (Lipinski definition) is 1. The standard InChI is InChI=1S/C35H17F6N3/c36-34(37,38)22-5-1-3-18(11-22)20-7-9-24-26-15-27-25-10-8-21(19-4-2-6-23(12-19)35(39,40)41)14-30(25)33(44-17-42)31(27)16-29(26)32(43)28(24)13-20/h1-16,43H/b43-32?,44-33+. The van der Waals surface area contributed by atoms with Gasteiger partial charge in [-0.3, -0.25) is 5.41 Å². The van der Waals surface area contributed by atoms with Crippen LogP contribution in [0.1, 0.15) is 11.1 Å². The van der Waals surface area contributed by atoms with Crippen molar-refractivity contribution in [3.63, 3.8) is 0 Å². The normalized spacial score (nSPS) is 13.0. The van der Waals surface area contributed by atoms with Crippen LogP contribution >= 0.6 is 0 Å². The Kier molecular flexibility index (Phi) is 5.91. The second-order valence-corrected chi connectivity index (χ2v) is 10.6. The molecule has 0 aliphatic rings. The quantitative estimate of drug-likeness (QED) is 0.158. The van der Waals surface area contributed by atoms with Gasteiger partial charge in [0.05, 0.1) is 21.8 Å². The monoisotopic (exact) mass is 593 g/mol. The average Bonchev–Trinajstić information content (AvgIpc) is 3.45. The summed E-state index contributed by atoms with van der Waals surface area (Å²) in [6.45, 7) is 0. The number of hydrogen-bond acceptors (Lipinski definition) is 3. The molecule has 7 rings (SSSR count). The van der Waals surface area contributed by atoms with E-state index in [1.807, 2.05) is 12.3 Å². The third kappa shape index (κ3) is 4.30. The molecular weight excluding hydrogens is 576 g/mol. The number of nitrogens with one attached hydrogen (secondary N) is 1. The molecule has 9 heteroatoms. The minimum atomic E-state index is -4.49. The van der Waals surface area contributed by atoms with Crippen molar-refractivity contribution in [3.05, 3.63) is 119 Å². The highest BCUT2D eigenvalue weighted by molar-refractivity contribution is 6.21. The maximum atomic E-state index is 13.4. The molecule has 0 aliphatic heterocycles. The molecular formula is C35H17F6N3. The maximum Gasteiger partial charge on any atom is 0.416 e. The lowest BCUT2D eigenvalue weighted by molar-refractivity contribution is -0.138. The lowest BCUT2D eigenvalue weighted by Crippen LogP contribution is -2.04. The Morgan fingerprint density at radius 3 is 1.48 bits per heavy atom. The van der Waals surface area contributed by atoms with Crippen LogP contribution in [0.15, 0.2) is 102 Å². The van der Waals surface area contributed by atoms with Gasteiger partial charge in [0.25, 0.3) is 0 Å². The first kappa shape index (κ1) is 27.3. The molecule has 0 saturated heterocycles. The molecule has 214 valence electrons. The number of halogens is 6. The summed E-state index contributed by atoms with van der Waals surface area (Å²) in [6.07, 6.45) is -7.16. The molecule has 0 saturated carbocycles. The van der Waals surface area contributed by atoms with Crippen LogP contribution < -0.4 is 10.7 Å². The number of nitriles is 1. The van der Waals surface area contributed by atoms with E-state index in [9.17, 15) is 31.6 Å². The number of alkyl halides is 6. The van der Waals surface area contributed by atoms with E-state index in [1.54, 1.807) is 54.6 Å². The third-order valence-corrected chi connectivity index (χ3v) is 8.03. The number of fused-ring (bicyclic) bond motifs is 6. The Morgan fingerprint density at radius 1 is 0.500 bits per heavy atom. The van der Waals surface area contributed by atoms with Gasteiger partial charge in [0, 0.05) is 21.5 Å². The van der Waals surface area contributed by atoms with E-state index in [2.05, 4.69) is 4.99 Å². The van der Waals surface area contributed by atoms with E-state index in [0.29, 0.717) is 49.2 Å². The van der Waals surface area contributed by atoms with Gasteiger partial charge < -0.3 is 0 Å². The van der Waals surface area contributed by atoms with Gasteiger partial charge in [0.15, 0.2) is 0 Å². The average molecular weight is 594 g/mol. The van der Waals surface area contributed by atoms with Crippen molar-refractivity contribution < 1.29 is 26.3 Å². The molecule has 0 aliphatic carbocycles. The molecule has 1 N–H and O–H groups in total. The van der Waals surface area contributed by atoms with Gasteiger partial charge in [-0.2, -0.15) is 36.6 Å². The fraction of sp³-hybridized carbons (Fsp3) is 0.0571. The fourth-order valence-electron chi connectivity index (χ4n) is 5.98. The van der Waals surface area contributed by atoms with E-state index in [4.69, 9.17) is 5.41 Å². The second kappa shape index (κ2) is 9.51. The first-order chi connectivity index (χ1) is 20.9. The number of rotatable bonds is 2. The lowest BCUT2D eigenvalue weighted by Gasteiger charge is -2.09. The minimum Gasteiger partial charge on any atom is -0.300 e. The topological polar surface area (TPSA) is 60.0 Å². The van der Waals surface area contributed by atoms with E-state index in [0.717, 1.165) is 45.8 Å². The predicted octanol–water partition coefficient (Wildman–Crippen LogP) is 9.41. The van der Waals surface area contributed by atoms with Crippen LogP contribution in [0.5, 0.6) is 0 Å². The molecule has 44 heavy (non-hydrogen) atoms. The van der Waals surface area contributed by atoms with E-state index in [-0.39, 0.29) is 5.36 Å². The molecule has 7 aromatic rings. The maximum absolute atomic E-state index is 13.4. The van der Waals surface area contributed by atoms with E-state index < -0.39 is 23.5 Å². The summed E-state index contributed by atoms with van der Waals surface area (Å²) in [7, 11) is 0. The van der Waals surface area contributed by atoms with Gasteiger partial charge in [0.2, 0.25) is 6.19 Å². The fourth-order valence-corrected chi connectivity index (χ4v) is 5.98. The van der Waals surface area contributed by atoms with Crippen LogP contribution in [0.4, 0.5) is 26.3 Å². The summed E-state index contributed by atoms with van der Waals surface area (Å²) < 4.78 is 80.0. The van der Waals surface area contributed by atoms with Crippen molar-refractivity contribution in [1.82, 2.24) is 0 Å². The van der Waals surface area contributed by atoms with Gasteiger partial charge in [-0.1, -0.05) is 48.5 Å². The minimum absolute atomic E-state index is 0.184. The second-order valence-electron chi connectivity index (χ2n) is 10.6. The van der Waals surface area contributed by atoms with Crippen LogP contribution in [-0.4, -0.2) is 0 Å². The Bertz CT molecular complexity index is 2450. The lowest BCUT2D eigenvalue weighted by atomic mass is 10.00. The molecule has 0 atom stereocenters. The Morgan fingerprint density at radius 2 is 0.932 bits per heavy atom. The number of benzene rings is 5. The van der Waals surface area contributed by atoms with Crippen molar-refractivity contribution in [2.75, 3.05) is 0 Å². The molecule has 0 aromatic heterocycles. The van der Waals surface area contributed by atoms with Gasteiger partial charge in [-0.25, -0.2) is 0 Å². The van der Waals surface area contributed by atoms with E-state index in [1.165, 1.54) is 12.1 Å². The van der Waals surface area contributed by atoms with Crippen molar-refractivity contribution in [3.8, 4) is 28.4 Å². The molecule has 0 fully saturated rings. The largest absolute Gasteiger partial charge is 0.416 e. The van der Waals surface area contributed by atoms with Gasteiger partial charge >= 0.3 is 12.4 Å². The van der Waals surface area contributed by atoms with Crippen LogP contribution in [0.3, 0.4) is 0 Å². The molecule has 0 bridgehead atoms. The number of nitrogens with zero attached hydrogens (tertiary/aromatic N) is 2. The molecule has 0 amide bonds. The molecule has 3 nitrogen and oxygen atoms in total. The molecule has 0 heterocycles. The highest BCUT2D eigenvalue weighted by atomic mass is 19.4. The van der Waals surface area contributed by atoms with Gasteiger partial charge in [0.1, 0.15) is 0 Å². The van der Waals surface area contributed by atoms with Crippen molar-refractivity contribution in [1.29, 1.82) is 10.7 Å².